The maximum atomic E-state index is 14.3. The summed E-state index contributed by atoms with van der Waals surface area (Å²) in [6.45, 7) is 3.13. The molecule has 0 amide bonds. The molecule has 3 aliphatic rings. The van der Waals surface area contributed by atoms with E-state index >= 15 is 0 Å². The molecular weight excluding hydrogens is 674 g/mol. The molecule has 4 atom stereocenters. The zero-order valence-electron chi connectivity index (χ0n) is 29.9. The Labute approximate surface area is 296 Å². The maximum Gasteiger partial charge on any atom is 0.347 e. The molecule has 2 aromatic carbocycles. The summed E-state index contributed by atoms with van der Waals surface area (Å²) in [5.41, 5.74) is -0.685. The number of Topliss-reactive ketones (excluding diaryl/α,β-unsaturated/α-hetero) is 1. The Bertz CT molecular complexity index is 2450. The van der Waals surface area contributed by atoms with Crippen molar-refractivity contribution < 1.29 is 33.6 Å². The Kier molecular flexibility index (Phi) is 8.26. The molecule has 1 aliphatic heterocycles. The topological polar surface area (TPSA) is 175 Å². The first-order valence-corrected chi connectivity index (χ1v) is 16.8. The molecule has 52 heavy (non-hydrogen) atoms. The van der Waals surface area contributed by atoms with Crippen molar-refractivity contribution in [3.8, 4) is 28.7 Å². The third-order valence-electron chi connectivity index (χ3n) is 11.1. The number of phenolic OH excluding ortho intramolecular Hbond substituents is 1. The molecule has 0 bridgehead atoms. The predicted octanol–water partition coefficient (Wildman–Crippen LogP) is 2.43. The van der Waals surface area contributed by atoms with Crippen LogP contribution in [0.3, 0.4) is 0 Å². The SMILES string of the molecule is COc1cc(O)c([C@H]2C3=CCn4c(=O)n(CCc5nc6cc(OC)c(OC)cc6n(C)c5=O)c(=O)n4[C@@H]3C[C@H]3C(=O)C(C)=CC(=O)[C@@]23C)c(OC)c1. The van der Waals surface area contributed by atoms with E-state index in [-0.39, 0.29) is 60.3 Å². The fourth-order valence-electron chi connectivity index (χ4n) is 8.34. The molecule has 1 N–H and O–H groups in total. The van der Waals surface area contributed by atoms with Crippen LogP contribution in [0.4, 0.5) is 0 Å². The molecule has 15 nitrogen and oxygen atoms in total. The van der Waals surface area contributed by atoms with Gasteiger partial charge in [0.2, 0.25) is 0 Å². The van der Waals surface area contributed by atoms with E-state index in [1.54, 1.807) is 45.2 Å². The minimum atomic E-state index is -1.35. The van der Waals surface area contributed by atoms with Crippen LogP contribution in [0.5, 0.6) is 28.7 Å². The summed E-state index contributed by atoms with van der Waals surface area (Å²) in [5.74, 6) is -1.12. The highest BCUT2D eigenvalue weighted by molar-refractivity contribution is 6.13. The summed E-state index contributed by atoms with van der Waals surface area (Å²) >= 11 is 0. The number of rotatable bonds is 8. The number of aromatic hydroxyl groups is 1. The highest BCUT2D eigenvalue weighted by Crippen LogP contribution is 2.62. The summed E-state index contributed by atoms with van der Waals surface area (Å²) in [6.07, 6.45) is 3.17. The minimum absolute atomic E-state index is 0.0159. The third-order valence-corrected chi connectivity index (χ3v) is 11.1. The number of carbonyl (C=O) groups is 2. The lowest BCUT2D eigenvalue weighted by atomic mass is 9.51. The zero-order chi connectivity index (χ0) is 37.4. The average Bonchev–Trinajstić information content (AvgIpc) is 3.38. The van der Waals surface area contributed by atoms with Crippen molar-refractivity contribution in [1.29, 1.82) is 0 Å². The van der Waals surface area contributed by atoms with Gasteiger partial charge in [0.1, 0.15) is 22.9 Å². The first-order chi connectivity index (χ1) is 24.8. The molecular formula is C37H39N5O10. The number of benzene rings is 2. The quantitative estimate of drug-likeness (QED) is 0.266. The fourth-order valence-corrected chi connectivity index (χ4v) is 8.34. The summed E-state index contributed by atoms with van der Waals surface area (Å²) in [4.78, 5) is 74.0. The summed E-state index contributed by atoms with van der Waals surface area (Å²) in [7, 11) is 7.46. The summed E-state index contributed by atoms with van der Waals surface area (Å²) in [6, 6.07) is 5.49. The van der Waals surface area contributed by atoms with Crippen molar-refractivity contribution in [2.45, 2.75) is 51.7 Å². The van der Waals surface area contributed by atoms with Crippen LogP contribution in [-0.2, 0) is 36.1 Å². The van der Waals surface area contributed by atoms with E-state index in [4.69, 9.17) is 18.9 Å². The molecule has 0 unspecified atom stereocenters. The number of aromatic nitrogens is 5. The first kappa shape index (κ1) is 34.6. The zero-order valence-corrected chi connectivity index (χ0v) is 29.9. The Morgan fingerprint density at radius 1 is 0.923 bits per heavy atom. The van der Waals surface area contributed by atoms with E-state index in [1.165, 1.54) is 54.5 Å². The van der Waals surface area contributed by atoms with Gasteiger partial charge in [-0.05, 0) is 30.6 Å². The van der Waals surface area contributed by atoms with Gasteiger partial charge in [-0.3, -0.25) is 14.4 Å². The number of hydrogen-bond donors (Lipinski definition) is 1. The number of phenols is 1. The van der Waals surface area contributed by atoms with Crippen LogP contribution in [0, 0.1) is 11.3 Å². The Morgan fingerprint density at radius 2 is 1.62 bits per heavy atom. The lowest BCUT2D eigenvalue weighted by Gasteiger charge is -2.52. The van der Waals surface area contributed by atoms with Gasteiger partial charge in [0.05, 0.1) is 57.5 Å². The van der Waals surface area contributed by atoms with Crippen LogP contribution in [0.25, 0.3) is 11.0 Å². The number of aryl methyl sites for hydroxylation is 2. The molecule has 1 saturated carbocycles. The average molecular weight is 714 g/mol. The van der Waals surface area contributed by atoms with Gasteiger partial charge in [-0.15, -0.1) is 0 Å². The minimum Gasteiger partial charge on any atom is -0.507 e. The lowest BCUT2D eigenvalue weighted by Crippen LogP contribution is -2.54. The van der Waals surface area contributed by atoms with Crippen molar-refractivity contribution in [1.82, 2.24) is 23.5 Å². The third kappa shape index (κ3) is 4.85. The van der Waals surface area contributed by atoms with Crippen molar-refractivity contribution >= 4 is 22.6 Å². The standard InChI is InChI=1S/C37H39N5O10/c1-18-12-30(44)37(2)21(33(18)45)15-24-20(32(37)31-26(43)13-19(49-4)14-29(31)52-7)8-11-41-35(47)40(36(48)42(24)41)10-9-22-34(46)39(3)25-17-28(51-6)27(50-5)16-23(25)38-22/h8,12-14,16-17,21,24,32,43H,9-11,15H2,1-7H3/t21-,24+,32+,37-/m0/s1. The van der Waals surface area contributed by atoms with E-state index in [1.807, 2.05) is 0 Å². The van der Waals surface area contributed by atoms with Crippen LogP contribution in [0.2, 0.25) is 0 Å². The normalized spacial score (nSPS) is 22.2. The second-order valence-corrected chi connectivity index (χ2v) is 13.6. The second kappa shape index (κ2) is 12.4. The fraction of sp³-hybridized carbons (Fsp3) is 0.405. The predicted molar refractivity (Wildman–Crippen MR) is 188 cm³/mol. The van der Waals surface area contributed by atoms with Gasteiger partial charge in [-0.25, -0.2) is 28.5 Å². The summed E-state index contributed by atoms with van der Waals surface area (Å²) < 4.78 is 27.0. The number of methoxy groups -OCH3 is 4. The molecule has 1 fully saturated rings. The lowest BCUT2D eigenvalue weighted by molar-refractivity contribution is -0.139. The number of carbonyl (C=O) groups excluding carboxylic acids is 2. The number of hydrogen-bond acceptors (Lipinski definition) is 11. The first-order valence-electron chi connectivity index (χ1n) is 16.8. The number of fused-ring (bicyclic) bond motifs is 5. The van der Waals surface area contributed by atoms with Crippen molar-refractivity contribution in [2.75, 3.05) is 28.4 Å². The van der Waals surface area contributed by atoms with E-state index in [2.05, 4.69) is 4.98 Å². The van der Waals surface area contributed by atoms with Gasteiger partial charge in [0.25, 0.3) is 5.56 Å². The number of allylic oxidation sites excluding steroid dienone is 4. The molecule has 15 heteroatoms. The highest BCUT2D eigenvalue weighted by Gasteiger charge is 2.60. The van der Waals surface area contributed by atoms with Crippen molar-refractivity contribution in [3.05, 3.63) is 90.1 Å². The molecule has 0 spiro atoms. The van der Waals surface area contributed by atoms with Crippen LogP contribution < -0.4 is 35.9 Å². The molecule has 0 saturated heterocycles. The molecule has 0 radical (unpaired) electrons. The van der Waals surface area contributed by atoms with Gasteiger partial charge < -0.3 is 28.6 Å². The van der Waals surface area contributed by atoms with E-state index < -0.39 is 40.2 Å². The van der Waals surface area contributed by atoms with E-state index in [0.717, 1.165) is 4.57 Å². The van der Waals surface area contributed by atoms with Crippen molar-refractivity contribution in [2.24, 2.45) is 18.4 Å². The summed E-state index contributed by atoms with van der Waals surface area (Å²) in [5, 5.41) is 11.5. The van der Waals surface area contributed by atoms with Gasteiger partial charge in [0, 0.05) is 61.7 Å². The van der Waals surface area contributed by atoms with Gasteiger partial charge >= 0.3 is 11.4 Å². The maximum absolute atomic E-state index is 14.3. The highest BCUT2D eigenvalue weighted by atomic mass is 16.5. The van der Waals surface area contributed by atoms with Crippen molar-refractivity contribution in [3.63, 3.8) is 0 Å². The molecule has 2 aromatic heterocycles. The number of ketones is 2. The monoisotopic (exact) mass is 713 g/mol. The molecule has 2 aliphatic carbocycles. The van der Waals surface area contributed by atoms with Crippen LogP contribution in [0.15, 0.2) is 61.9 Å². The molecule has 3 heterocycles. The number of nitrogens with zero attached hydrogens (tertiary/aromatic N) is 5. The van der Waals surface area contributed by atoms with Gasteiger partial charge in [-0.1, -0.05) is 13.0 Å². The molecule has 272 valence electrons. The Balaban J connectivity index is 1.33. The second-order valence-electron chi connectivity index (χ2n) is 13.6. The molecule has 4 aromatic rings. The Morgan fingerprint density at radius 3 is 2.29 bits per heavy atom. The largest absolute Gasteiger partial charge is 0.507 e. The van der Waals surface area contributed by atoms with Crippen LogP contribution in [0.1, 0.15) is 43.5 Å². The molecule has 7 rings (SSSR count). The smallest absolute Gasteiger partial charge is 0.347 e. The van der Waals surface area contributed by atoms with Crippen LogP contribution >= 0.6 is 0 Å². The Hall–Kier alpha value is -5.86. The van der Waals surface area contributed by atoms with Gasteiger partial charge in [0.15, 0.2) is 23.1 Å². The van der Waals surface area contributed by atoms with E-state index in [9.17, 15) is 29.1 Å². The van der Waals surface area contributed by atoms with Gasteiger partial charge in [-0.2, -0.15) is 0 Å². The number of ether oxygens (including phenoxy) is 4. The van der Waals surface area contributed by atoms with E-state index in [0.29, 0.717) is 39.4 Å². The van der Waals surface area contributed by atoms with Crippen LogP contribution in [-0.4, -0.2) is 68.6 Å².